The molecule has 1 atom stereocenters. The number of nitrogens with two attached hydrogens (primary N) is 3. The van der Waals surface area contributed by atoms with Gasteiger partial charge in [0.2, 0.25) is 5.91 Å². The van der Waals surface area contributed by atoms with Gasteiger partial charge in [-0.15, -0.1) is 0 Å². The lowest BCUT2D eigenvalue weighted by Gasteiger charge is -2.22. The molecule has 0 bridgehead atoms. The van der Waals surface area contributed by atoms with Gasteiger partial charge >= 0.3 is 0 Å². The summed E-state index contributed by atoms with van der Waals surface area (Å²) in [5.41, 5.74) is 16.2. The number of nitrogens with zero attached hydrogens (tertiary/aromatic N) is 2. The first kappa shape index (κ1) is 13.1. The zero-order valence-electron chi connectivity index (χ0n) is 10.7. The first-order valence-electron chi connectivity index (χ1n) is 5.94. The summed E-state index contributed by atoms with van der Waals surface area (Å²) in [4.78, 5) is 28.7. The Morgan fingerprint density at radius 1 is 1.42 bits per heavy atom. The van der Waals surface area contributed by atoms with Crippen molar-refractivity contribution in [2.24, 2.45) is 16.9 Å². The lowest BCUT2D eigenvalue weighted by atomic mass is 9.89. The standard InChI is InChI=1S/C12H17N5O2/c1-12(11(15)19)2-3-17(6-12)9-4-7(10(14)18)8(13)5-16-9/h4-5H,2-3,6,13H2,1H3,(H2,14,18)(H2,15,19). The molecule has 1 unspecified atom stereocenters. The molecule has 0 spiro atoms. The van der Waals surface area contributed by atoms with Crippen LogP contribution >= 0.6 is 0 Å². The van der Waals surface area contributed by atoms with Crippen molar-refractivity contribution in [3.63, 3.8) is 0 Å². The second kappa shape index (κ2) is 4.42. The van der Waals surface area contributed by atoms with Crippen molar-refractivity contribution in [3.8, 4) is 0 Å². The maximum absolute atomic E-state index is 11.4. The maximum atomic E-state index is 11.4. The van der Waals surface area contributed by atoms with Crippen LogP contribution in [0.25, 0.3) is 0 Å². The van der Waals surface area contributed by atoms with Crippen molar-refractivity contribution in [1.82, 2.24) is 4.98 Å². The highest BCUT2D eigenvalue weighted by Crippen LogP contribution is 2.32. The first-order chi connectivity index (χ1) is 8.83. The van der Waals surface area contributed by atoms with Crippen LogP contribution in [-0.4, -0.2) is 29.9 Å². The molecule has 6 N–H and O–H groups in total. The van der Waals surface area contributed by atoms with E-state index in [9.17, 15) is 9.59 Å². The Morgan fingerprint density at radius 3 is 2.63 bits per heavy atom. The molecule has 2 rings (SSSR count). The Morgan fingerprint density at radius 2 is 2.11 bits per heavy atom. The number of primary amides is 2. The van der Waals surface area contributed by atoms with E-state index in [0.717, 1.165) is 0 Å². The molecule has 0 radical (unpaired) electrons. The molecule has 7 heteroatoms. The SMILES string of the molecule is CC1(C(N)=O)CCN(c2cc(C(N)=O)c(N)cn2)C1. The van der Waals surface area contributed by atoms with E-state index in [2.05, 4.69) is 4.98 Å². The molecular weight excluding hydrogens is 246 g/mol. The highest BCUT2D eigenvalue weighted by Gasteiger charge is 2.39. The Kier molecular flexibility index (Phi) is 3.05. The predicted molar refractivity (Wildman–Crippen MR) is 71.3 cm³/mol. The van der Waals surface area contributed by atoms with Gasteiger partial charge in [-0.05, 0) is 19.4 Å². The number of anilines is 2. The molecule has 1 aliphatic rings. The van der Waals surface area contributed by atoms with Gasteiger partial charge in [-0.25, -0.2) is 4.98 Å². The monoisotopic (exact) mass is 263 g/mol. The predicted octanol–water partition coefficient (Wildman–Crippen LogP) is -0.536. The minimum atomic E-state index is -0.599. The van der Waals surface area contributed by atoms with Crippen LogP contribution in [0.4, 0.5) is 11.5 Å². The summed E-state index contributed by atoms with van der Waals surface area (Å²) < 4.78 is 0. The summed E-state index contributed by atoms with van der Waals surface area (Å²) >= 11 is 0. The minimum Gasteiger partial charge on any atom is -0.397 e. The molecular formula is C12H17N5O2. The van der Waals surface area contributed by atoms with Crippen LogP contribution in [0.2, 0.25) is 0 Å². The summed E-state index contributed by atoms with van der Waals surface area (Å²) in [6.07, 6.45) is 2.05. The first-order valence-corrected chi connectivity index (χ1v) is 5.94. The summed E-state index contributed by atoms with van der Waals surface area (Å²) in [5, 5.41) is 0. The van der Waals surface area contributed by atoms with Crippen LogP contribution in [0, 0.1) is 5.41 Å². The highest BCUT2D eigenvalue weighted by atomic mass is 16.1. The zero-order chi connectivity index (χ0) is 14.2. The summed E-state index contributed by atoms with van der Waals surface area (Å²) in [7, 11) is 0. The van der Waals surface area contributed by atoms with Crippen molar-refractivity contribution < 1.29 is 9.59 Å². The third-order valence-electron chi connectivity index (χ3n) is 3.58. The second-order valence-electron chi connectivity index (χ2n) is 5.09. The molecule has 1 saturated heterocycles. The molecule has 0 aromatic carbocycles. The van der Waals surface area contributed by atoms with E-state index in [1.807, 2.05) is 11.8 Å². The van der Waals surface area contributed by atoms with Crippen LogP contribution < -0.4 is 22.1 Å². The number of amides is 2. The van der Waals surface area contributed by atoms with Crippen molar-refractivity contribution in [2.75, 3.05) is 23.7 Å². The molecule has 19 heavy (non-hydrogen) atoms. The van der Waals surface area contributed by atoms with Crippen molar-refractivity contribution in [1.29, 1.82) is 0 Å². The molecule has 1 fully saturated rings. The van der Waals surface area contributed by atoms with Crippen LogP contribution in [0.3, 0.4) is 0 Å². The number of pyridine rings is 1. The third-order valence-corrected chi connectivity index (χ3v) is 3.58. The second-order valence-corrected chi connectivity index (χ2v) is 5.09. The maximum Gasteiger partial charge on any atom is 0.250 e. The normalized spacial score (nSPS) is 22.5. The van der Waals surface area contributed by atoms with Gasteiger partial charge in [0.15, 0.2) is 0 Å². The average molecular weight is 263 g/mol. The molecule has 2 heterocycles. The molecule has 0 aliphatic carbocycles. The van der Waals surface area contributed by atoms with Crippen LogP contribution in [0.1, 0.15) is 23.7 Å². The Labute approximate surface area is 110 Å². The lowest BCUT2D eigenvalue weighted by molar-refractivity contribution is -0.125. The third kappa shape index (κ3) is 2.31. The lowest BCUT2D eigenvalue weighted by Crippen LogP contribution is -2.37. The van der Waals surface area contributed by atoms with Crippen LogP contribution in [-0.2, 0) is 4.79 Å². The summed E-state index contributed by atoms with van der Waals surface area (Å²) in [6, 6.07) is 1.55. The van der Waals surface area contributed by atoms with Crippen molar-refractivity contribution in [2.45, 2.75) is 13.3 Å². The quantitative estimate of drug-likeness (QED) is 0.675. The van der Waals surface area contributed by atoms with Gasteiger partial charge in [0.25, 0.3) is 5.91 Å². The number of aromatic nitrogens is 1. The Hall–Kier alpha value is -2.31. The number of carbonyl (C=O) groups excluding carboxylic acids is 2. The van der Waals surface area contributed by atoms with Gasteiger partial charge in [-0.2, -0.15) is 0 Å². The number of rotatable bonds is 3. The van der Waals surface area contributed by atoms with Gasteiger partial charge in [0, 0.05) is 13.1 Å². The van der Waals surface area contributed by atoms with E-state index < -0.39 is 11.3 Å². The van der Waals surface area contributed by atoms with Gasteiger partial charge in [-0.3, -0.25) is 9.59 Å². The van der Waals surface area contributed by atoms with E-state index in [4.69, 9.17) is 17.2 Å². The fraction of sp³-hybridized carbons (Fsp3) is 0.417. The van der Waals surface area contributed by atoms with Gasteiger partial charge in [0.1, 0.15) is 5.82 Å². The Balaban J connectivity index is 2.28. The molecule has 1 aromatic rings. The topological polar surface area (TPSA) is 128 Å². The zero-order valence-corrected chi connectivity index (χ0v) is 10.7. The fourth-order valence-corrected chi connectivity index (χ4v) is 2.20. The number of nitrogen functional groups attached to an aromatic ring is 1. The molecule has 7 nitrogen and oxygen atoms in total. The van der Waals surface area contributed by atoms with E-state index in [0.29, 0.717) is 25.3 Å². The van der Waals surface area contributed by atoms with E-state index in [1.165, 1.54) is 6.20 Å². The van der Waals surface area contributed by atoms with Crippen molar-refractivity contribution >= 4 is 23.3 Å². The highest BCUT2D eigenvalue weighted by molar-refractivity contribution is 5.98. The summed E-state index contributed by atoms with van der Waals surface area (Å²) in [5.74, 6) is -0.355. The molecule has 2 amide bonds. The molecule has 102 valence electrons. The largest absolute Gasteiger partial charge is 0.397 e. The number of carbonyl (C=O) groups is 2. The minimum absolute atomic E-state index is 0.234. The van der Waals surface area contributed by atoms with Gasteiger partial charge in [-0.1, -0.05) is 0 Å². The van der Waals surface area contributed by atoms with Gasteiger partial charge in [0.05, 0.1) is 22.9 Å². The van der Waals surface area contributed by atoms with E-state index in [1.54, 1.807) is 6.07 Å². The van der Waals surface area contributed by atoms with Gasteiger partial charge < -0.3 is 22.1 Å². The molecule has 1 aliphatic heterocycles. The average Bonchev–Trinajstić information content (AvgIpc) is 2.73. The van der Waals surface area contributed by atoms with Crippen molar-refractivity contribution in [3.05, 3.63) is 17.8 Å². The summed E-state index contributed by atoms with van der Waals surface area (Å²) in [6.45, 7) is 2.94. The Bertz CT molecular complexity index is 545. The van der Waals surface area contributed by atoms with Crippen LogP contribution in [0.5, 0.6) is 0 Å². The smallest absolute Gasteiger partial charge is 0.250 e. The number of hydrogen-bond donors (Lipinski definition) is 3. The molecule has 1 aromatic heterocycles. The van der Waals surface area contributed by atoms with E-state index >= 15 is 0 Å². The number of hydrogen-bond acceptors (Lipinski definition) is 5. The van der Waals surface area contributed by atoms with Crippen LogP contribution in [0.15, 0.2) is 12.3 Å². The fourth-order valence-electron chi connectivity index (χ4n) is 2.20. The molecule has 0 saturated carbocycles. The van der Waals surface area contributed by atoms with E-state index in [-0.39, 0.29) is 17.2 Å².